The standard InChI is InChI=1S/C18H16Cl2O4/c1-2-18-22-11-15(24-18)10-21-17-7-6-14(9-16(17)20)23-13-5-3-4-12(19)8-13/h3-9,11,18H,2,10H2,1H3. The first-order chi connectivity index (χ1) is 11.6. The predicted molar refractivity (Wildman–Crippen MR) is 92.8 cm³/mol. The van der Waals surface area contributed by atoms with E-state index in [2.05, 4.69) is 0 Å². The molecule has 3 rings (SSSR count). The van der Waals surface area contributed by atoms with Crippen molar-refractivity contribution in [2.45, 2.75) is 19.6 Å². The van der Waals surface area contributed by atoms with Crippen molar-refractivity contribution in [3.63, 3.8) is 0 Å². The molecule has 0 saturated carbocycles. The lowest BCUT2D eigenvalue weighted by Gasteiger charge is -2.12. The minimum atomic E-state index is -0.229. The van der Waals surface area contributed by atoms with Gasteiger partial charge in [0.1, 0.15) is 30.1 Å². The molecule has 1 aliphatic rings. The van der Waals surface area contributed by atoms with E-state index in [1.54, 1.807) is 36.6 Å². The van der Waals surface area contributed by atoms with Gasteiger partial charge < -0.3 is 18.9 Å². The largest absolute Gasteiger partial charge is 0.484 e. The first-order valence-corrected chi connectivity index (χ1v) is 8.26. The van der Waals surface area contributed by atoms with Crippen molar-refractivity contribution in [2.24, 2.45) is 0 Å². The van der Waals surface area contributed by atoms with Crippen molar-refractivity contribution in [1.82, 2.24) is 0 Å². The highest BCUT2D eigenvalue weighted by Crippen LogP contribution is 2.32. The quantitative estimate of drug-likeness (QED) is 0.648. The van der Waals surface area contributed by atoms with E-state index in [0.29, 0.717) is 33.1 Å². The highest BCUT2D eigenvalue weighted by molar-refractivity contribution is 6.32. The minimum Gasteiger partial charge on any atom is -0.484 e. The second kappa shape index (κ2) is 7.69. The lowest BCUT2D eigenvalue weighted by Crippen LogP contribution is -2.09. The topological polar surface area (TPSA) is 36.9 Å². The summed E-state index contributed by atoms with van der Waals surface area (Å²) in [7, 11) is 0. The maximum atomic E-state index is 6.25. The van der Waals surface area contributed by atoms with E-state index in [9.17, 15) is 0 Å². The van der Waals surface area contributed by atoms with E-state index < -0.39 is 0 Å². The molecule has 1 aliphatic heterocycles. The van der Waals surface area contributed by atoms with Crippen molar-refractivity contribution in [1.29, 1.82) is 0 Å². The maximum Gasteiger partial charge on any atom is 0.240 e. The summed E-state index contributed by atoms with van der Waals surface area (Å²) in [5.74, 6) is 2.41. The normalized spacial score (nSPS) is 16.1. The third kappa shape index (κ3) is 4.28. The van der Waals surface area contributed by atoms with Gasteiger partial charge in [0, 0.05) is 17.5 Å². The minimum absolute atomic E-state index is 0.229. The van der Waals surface area contributed by atoms with Crippen LogP contribution in [0.5, 0.6) is 17.2 Å². The van der Waals surface area contributed by atoms with Crippen LogP contribution in [-0.4, -0.2) is 12.9 Å². The Morgan fingerprint density at radius 2 is 1.92 bits per heavy atom. The van der Waals surface area contributed by atoms with Crippen LogP contribution in [0.4, 0.5) is 0 Å². The Labute approximate surface area is 150 Å². The summed E-state index contributed by atoms with van der Waals surface area (Å²) < 4.78 is 22.2. The lowest BCUT2D eigenvalue weighted by atomic mass is 10.3. The average molecular weight is 367 g/mol. The zero-order chi connectivity index (χ0) is 16.9. The summed E-state index contributed by atoms with van der Waals surface area (Å²) in [6.07, 6.45) is 2.11. The molecule has 0 spiro atoms. The molecular weight excluding hydrogens is 351 g/mol. The molecule has 0 aliphatic carbocycles. The van der Waals surface area contributed by atoms with E-state index >= 15 is 0 Å². The summed E-state index contributed by atoms with van der Waals surface area (Å²) in [5, 5.41) is 1.05. The smallest absolute Gasteiger partial charge is 0.240 e. The molecule has 2 aromatic carbocycles. The molecule has 1 heterocycles. The van der Waals surface area contributed by atoms with Crippen molar-refractivity contribution in [3.8, 4) is 17.2 Å². The van der Waals surface area contributed by atoms with Gasteiger partial charge >= 0.3 is 0 Å². The fourth-order valence-corrected chi connectivity index (χ4v) is 2.51. The summed E-state index contributed by atoms with van der Waals surface area (Å²) in [6.45, 7) is 2.24. The molecule has 0 saturated heterocycles. The zero-order valence-electron chi connectivity index (χ0n) is 13.0. The third-order valence-corrected chi connectivity index (χ3v) is 3.80. The highest BCUT2D eigenvalue weighted by Gasteiger charge is 2.18. The van der Waals surface area contributed by atoms with E-state index in [0.717, 1.165) is 6.42 Å². The van der Waals surface area contributed by atoms with Gasteiger partial charge in [-0.1, -0.05) is 36.2 Å². The van der Waals surface area contributed by atoms with Gasteiger partial charge in [-0.2, -0.15) is 0 Å². The Kier molecular flexibility index (Phi) is 5.38. The molecule has 0 radical (unpaired) electrons. The predicted octanol–water partition coefficient (Wildman–Crippen LogP) is 5.79. The summed E-state index contributed by atoms with van der Waals surface area (Å²) in [4.78, 5) is 0. The molecule has 4 nitrogen and oxygen atoms in total. The Bertz CT molecular complexity index is 746. The van der Waals surface area contributed by atoms with E-state index in [1.165, 1.54) is 0 Å². The van der Waals surface area contributed by atoms with Crippen molar-refractivity contribution in [3.05, 3.63) is 64.5 Å². The molecule has 0 amide bonds. The van der Waals surface area contributed by atoms with Crippen LogP contribution in [-0.2, 0) is 9.47 Å². The van der Waals surface area contributed by atoms with E-state index in [1.807, 2.05) is 19.1 Å². The van der Waals surface area contributed by atoms with Crippen molar-refractivity contribution in [2.75, 3.05) is 6.61 Å². The first-order valence-electron chi connectivity index (χ1n) is 7.51. The number of hydrogen-bond donors (Lipinski definition) is 0. The fourth-order valence-electron chi connectivity index (χ4n) is 2.10. The van der Waals surface area contributed by atoms with Gasteiger partial charge in [-0.25, -0.2) is 0 Å². The van der Waals surface area contributed by atoms with Crippen LogP contribution in [0.15, 0.2) is 54.5 Å². The van der Waals surface area contributed by atoms with Gasteiger partial charge in [0.15, 0.2) is 5.76 Å². The molecule has 6 heteroatoms. The molecule has 1 unspecified atom stereocenters. The Hall–Kier alpha value is -2.04. The molecule has 0 N–H and O–H groups in total. The summed E-state index contributed by atoms with van der Waals surface area (Å²) >= 11 is 12.2. The van der Waals surface area contributed by atoms with Crippen LogP contribution in [0.2, 0.25) is 10.0 Å². The van der Waals surface area contributed by atoms with E-state index in [-0.39, 0.29) is 12.9 Å². The van der Waals surface area contributed by atoms with Crippen LogP contribution >= 0.6 is 23.2 Å². The van der Waals surface area contributed by atoms with Gasteiger partial charge in [0.25, 0.3) is 0 Å². The zero-order valence-corrected chi connectivity index (χ0v) is 14.5. The lowest BCUT2D eigenvalue weighted by molar-refractivity contribution is -0.0375. The molecule has 0 bridgehead atoms. The van der Waals surface area contributed by atoms with Gasteiger partial charge in [0.05, 0.1) is 5.02 Å². The number of halogens is 2. The third-order valence-electron chi connectivity index (χ3n) is 3.27. The molecule has 126 valence electrons. The van der Waals surface area contributed by atoms with Gasteiger partial charge in [-0.3, -0.25) is 0 Å². The van der Waals surface area contributed by atoms with Crippen molar-refractivity contribution >= 4 is 23.2 Å². The SMILES string of the molecule is CCC1OC=C(COc2ccc(Oc3cccc(Cl)c3)cc2Cl)O1. The second-order valence-electron chi connectivity index (χ2n) is 5.12. The maximum absolute atomic E-state index is 6.25. The Morgan fingerprint density at radius 1 is 1.08 bits per heavy atom. The number of benzene rings is 2. The van der Waals surface area contributed by atoms with Gasteiger partial charge in [0.2, 0.25) is 6.29 Å². The van der Waals surface area contributed by atoms with Gasteiger partial charge in [-0.05, 0) is 30.3 Å². The van der Waals surface area contributed by atoms with Crippen LogP contribution < -0.4 is 9.47 Å². The van der Waals surface area contributed by atoms with Crippen molar-refractivity contribution < 1.29 is 18.9 Å². The second-order valence-corrected chi connectivity index (χ2v) is 5.96. The van der Waals surface area contributed by atoms with Crippen LogP contribution in [0.1, 0.15) is 13.3 Å². The molecule has 2 aromatic rings. The number of rotatable bonds is 6. The first kappa shape index (κ1) is 16.8. The molecule has 24 heavy (non-hydrogen) atoms. The Morgan fingerprint density at radius 3 is 2.62 bits per heavy atom. The van der Waals surface area contributed by atoms with E-state index in [4.69, 9.17) is 42.1 Å². The number of ether oxygens (including phenoxy) is 4. The number of hydrogen-bond acceptors (Lipinski definition) is 4. The van der Waals surface area contributed by atoms with Crippen LogP contribution in [0, 0.1) is 0 Å². The van der Waals surface area contributed by atoms with Crippen LogP contribution in [0.25, 0.3) is 0 Å². The molecule has 0 aromatic heterocycles. The summed E-state index contributed by atoms with van der Waals surface area (Å²) in [5.41, 5.74) is 0. The average Bonchev–Trinajstić information content (AvgIpc) is 3.02. The molecule has 1 atom stereocenters. The molecular formula is C18H16Cl2O4. The fraction of sp³-hybridized carbons (Fsp3) is 0.222. The Balaban J connectivity index is 1.60. The molecule has 0 fully saturated rings. The van der Waals surface area contributed by atoms with Crippen LogP contribution in [0.3, 0.4) is 0 Å². The highest BCUT2D eigenvalue weighted by atomic mass is 35.5. The van der Waals surface area contributed by atoms with Gasteiger partial charge in [-0.15, -0.1) is 0 Å². The summed E-state index contributed by atoms with van der Waals surface area (Å²) in [6, 6.07) is 12.4. The monoisotopic (exact) mass is 366 g/mol.